The Morgan fingerprint density at radius 1 is 0.417 bits per heavy atom. The van der Waals surface area contributed by atoms with Gasteiger partial charge in [0.2, 0.25) is 0 Å². The van der Waals surface area contributed by atoms with Gasteiger partial charge in [0, 0.05) is 25.5 Å². The maximum atomic E-state index is 10.5. The van der Waals surface area contributed by atoms with Crippen molar-refractivity contribution in [2.75, 3.05) is 27.3 Å². The van der Waals surface area contributed by atoms with E-state index in [1.165, 1.54) is 173 Å². The van der Waals surface area contributed by atoms with Crippen molar-refractivity contribution in [2.24, 2.45) is 0 Å². The van der Waals surface area contributed by atoms with Crippen LogP contribution in [0.4, 0.5) is 0 Å². The first kappa shape index (κ1) is 55.2. The molecule has 0 aliphatic heterocycles. The predicted molar refractivity (Wildman–Crippen MR) is 255 cm³/mol. The van der Waals surface area contributed by atoms with Gasteiger partial charge >= 0.3 is 11.9 Å². The van der Waals surface area contributed by atoms with E-state index in [-0.39, 0.29) is 0 Å². The molecular formula is C53H93NO6. The molecule has 0 bridgehead atoms. The lowest BCUT2D eigenvalue weighted by Gasteiger charge is -2.15. The summed E-state index contributed by atoms with van der Waals surface area (Å²) in [5, 5.41) is 17.4. The highest BCUT2D eigenvalue weighted by molar-refractivity contribution is 5.66. The first-order valence-corrected chi connectivity index (χ1v) is 25.1. The third-order valence-electron chi connectivity index (χ3n) is 11.4. The Labute approximate surface area is 369 Å². The first-order chi connectivity index (χ1) is 29.4. The number of carboxylic acid groups (broad SMARTS) is 2. The number of carboxylic acids is 2. The standard InChI is InChI=1S/C53H93NO6/c1-54(2)48-49-45-50(59-43-39-35-31-27-23-19-15-11-7-3-5-9-13-17-21-25-29-33-37-41-52(55)56)47-51(46-49)60-44-40-36-32-28-24-20-16-12-8-4-6-10-14-18-22-26-30-34-38-42-53(57)58/h9-10,13-14,45-47H,3-8,11-12,15-44,48H2,1-2H3,(H,55,56)(H,57,58). The van der Waals surface area contributed by atoms with Crippen LogP contribution < -0.4 is 9.47 Å². The molecule has 0 aliphatic rings. The molecule has 60 heavy (non-hydrogen) atoms. The number of hydrogen-bond acceptors (Lipinski definition) is 5. The molecule has 0 heterocycles. The Balaban J connectivity index is 1.99. The fraction of sp³-hybridized carbons (Fsp3) is 0.774. The molecule has 1 aromatic rings. The second kappa shape index (κ2) is 42.9. The van der Waals surface area contributed by atoms with Crippen molar-refractivity contribution in [1.29, 1.82) is 0 Å². The van der Waals surface area contributed by atoms with Gasteiger partial charge < -0.3 is 24.6 Å². The normalized spacial score (nSPS) is 11.7. The molecule has 0 aromatic heterocycles. The second-order valence-corrected chi connectivity index (χ2v) is 17.7. The number of benzene rings is 1. The van der Waals surface area contributed by atoms with E-state index in [1.54, 1.807) is 0 Å². The number of hydrogen-bond donors (Lipinski definition) is 2. The summed E-state index contributed by atoms with van der Waals surface area (Å²) < 4.78 is 12.5. The molecule has 0 amide bonds. The zero-order chi connectivity index (χ0) is 43.4. The lowest BCUT2D eigenvalue weighted by molar-refractivity contribution is -0.138. The number of rotatable bonds is 46. The predicted octanol–water partition coefficient (Wildman–Crippen LogP) is 15.8. The summed E-state index contributed by atoms with van der Waals surface area (Å²) in [4.78, 5) is 23.3. The van der Waals surface area contributed by atoms with Crippen molar-refractivity contribution in [3.05, 3.63) is 48.1 Å². The molecule has 1 aromatic carbocycles. The summed E-state index contributed by atoms with van der Waals surface area (Å²) in [6.07, 6.45) is 51.9. The third kappa shape index (κ3) is 40.6. The van der Waals surface area contributed by atoms with E-state index in [9.17, 15) is 9.59 Å². The van der Waals surface area contributed by atoms with Gasteiger partial charge in [0.25, 0.3) is 0 Å². The lowest BCUT2D eigenvalue weighted by atomic mass is 10.1. The second-order valence-electron chi connectivity index (χ2n) is 17.7. The summed E-state index contributed by atoms with van der Waals surface area (Å²) in [6, 6.07) is 6.44. The van der Waals surface area contributed by atoms with Crippen molar-refractivity contribution >= 4 is 11.9 Å². The molecule has 0 atom stereocenters. The monoisotopic (exact) mass is 840 g/mol. The van der Waals surface area contributed by atoms with Gasteiger partial charge in [-0.05, 0) is 109 Å². The van der Waals surface area contributed by atoms with Crippen LogP contribution in [-0.2, 0) is 16.1 Å². The van der Waals surface area contributed by atoms with E-state index in [0.29, 0.717) is 12.8 Å². The minimum atomic E-state index is -0.671. The van der Waals surface area contributed by atoms with E-state index in [0.717, 1.165) is 82.6 Å². The van der Waals surface area contributed by atoms with Gasteiger partial charge in [-0.3, -0.25) is 9.59 Å². The van der Waals surface area contributed by atoms with Crippen molar-refractivity contribution in [3.63, 3.8) is 0 Å². The highest BCUT2D eigenvalue weighted by Gasteiger charge is 2.06. The number of allylic oxidation sites excluding steroid dienone is 4. The molecule has 0 spiro atoms. The van der Waals surface area contributed by atoms with Crippen LogP contribution in [0.15, 0.2) is 42.5 Å². The Morgan fingerprint density at radius 2 is 0.683 bits per heavy atom. The summed E-state index contributed by atoms with van der Waals surface area (Å²) in [5.41, 5.74) is 1.24. The van der Waals surface area contributed by atoms with Crippen LogP contribution in [0.1, 0.15) is 237 Å². The van der Waals surface area contributed by atoms with Gasteiger partial charge in [-0.1, -0.05) is 166 Å². The molecule has 0 saturated carbocycles. The molecule has 0 fully saturated rings. The van der Waals surface area contributed by atoms with Crippen molar-refractivity contribution in [1.82, 2.24) is 4.90 Å². The summed E-state index contributed by atoms with van der Waals surface area (Å²) in [5.74, 6) is 0.533. The van der Waals surface area contributed by atoms with Crippen molar-refractivity contribution in [2.45, 2.75) is 238 Å². The molecule has 0 radical (unpaired) electrons. The van der Waals surface area contributed by atoms with Crippen LogP contribution in [0.25, 0.3) is 0 Å². The lowest BCUT2D eigenvalue weighted by Crippen LogP contribution is -2.11. The highest BCUT2D eigenvalue weighted by Crippen LogP contribution is 2.25. The number of nitrogens with zero attached hydrogens (tertiary/aromatic N) is 1. The minimum absolute atomic E-state index is 0.316. The fourth-order valence-corrected chi connectivity index (χ4v) is 7.80. The SMILES string of the molecule is CN(C)Cc1cc(OCCCCCCCCCCCCC=CCCCCCCCC(=O)O)cc(OCCCCCCCCCCCCC=CCCCCCCCC(=O)O)c1. The number of ether oxygens (including phenoxy) is 2. The van der Waals surface area contributed by atoms with Crippen LogP contribution in [0.2, 0.25) is 0 Å². The Kier molecular flexibility index (Phi) is 39.5. The Bertz CT molecular complexity index is 1100. The van der Waals surface area contributed by atoms with Crippen LogP contribution in [-0.4, -0.2) is 54.4 Å². The van der Waals surface area contributed by atoms with Crippen LogP contribution in [0.3, 0.4) is 0 Å². The molecule has 0 unspecified atom stereocenters. The average Bonchev–Trinajstić information content (AvgIpc) is 3.21. The van der Waals surface area contributed by atoms with E-state index < -0.39 is 11.9 Å². The Morgan fingerprint density at radius 3 is 0.967 bits per heavy atom. The van der Waals surface area contributed by atoms with Gasteiger partial charge in [0.05, 0.1) is 13.2 Å². The zero-order valence-electron chi connectivity index (χ0n) is 39.1. The summed E-state index contributed by atoms with van der Waals surface area (Å²) in [6.45, 7) is 2.42. The number of carbonyl (C=O) groups is 2. The van der Waals surface area contributed by atoms with E-state index in [1.807, 2.05) is 0 Å². The topological polar surface area (TPSA) is 96.3 Å². The van der Waals surface area contributed by atoms with Crippen LogP contribution in [0, 0.1) is 0 Å². The van der Waals surface area contributed by atoms with Gasteiger partial charge in [-0.15, -0.1) is 0 Å². The molecular weight excluding hydrogens is 747 g/mol. The number of unbranched alkanes of at least 4 members (excludes halogenated alkanes) is 30. The van der Waals surface area contributed by atoms with E-state index in [2.05, 4.69) is 61.5 Å². The average molecular weight is 840 g/mol. The first-order valence-electron chi connectivity index (χ1n) is 25.1. The maximum Gasteiger partial charge on any atom is 0.303 e. The Hall–Kier alpha value is -2.80. The molecule has 0 aliphatic carbocycles. The van der Waals surface area contributed by atoms with Crippen LogP contribution >= 0.6 is 0 Å². The van der Waals surface area contributed by atoms with Gasteiger partial charge in [-0.25, -0.2) is 0 Å². The summed E-state index contributed by atoms with van der Waals surface area (Å²) in [7, 11) is 4.22. The van der Waals surface area contributed by atoms with Gasteiger partial charge in [-0.2, -0.15) is 0 Å². The number of aliphatic carboxylic acids is 2. The van der Waals surface area contributed by atoms with E-state index in [4.69, 9.17) is 19.7 Å². The smallest absolute Gasteiger partial charge is 0.303 e. The minimum Gasteiger partial charge on any atom is -0.493 e. The fourth-order valence-electron chi connectivity index (χ4n) is 7.80. The quantitative estimate of drug-likeness (QED) is 0.0498. The highest BCUT2D eigenvalue weighted by atomic mass is 16.5. The molecule has 346 valence electrons. The molecule has 7 nitrogen and oxygen atoms in total. The third-order valence-corrected chi connectivity index (χ3v) is 11.4. The summed E-state index contributed by atoms with van der Waals surface area (Å²) >= 11 is 0. The van der Waals surface area contributed by atoms with Gasteiger partial charge in [0.1, 0.15) is 11.5 Å². The molecule has 2 N–H and O–H groups in total. The van der Waals surface area contributed by atoms with Crippen molar-refractivity contribution in [3.8, 4) is 11.5 Å². The molecule has 0 saturated heterocycles. The molecule has 1 rings (SSSR count). The van der Waals surface area contributed by atoms with Crippen LogP contribution in [0.5, 0.6) is 11.5 Å². The maximum absolute atomic E-state index is 10.5. The largest absolute Gasteiger partial charge is 0.493 e. The zero-order valence-corrected chi connectivity index (χ0v) is 39.1. The van der Waals surface area contributed by atoms with E-state index >= 15 is 0 Å². The molecule has 7 heteroatoms. The van der Waals surface area contributed by atoms with Gasteiger partial charge in [0.15, 0.2) is 0 Å². The van der Waals surface area contributed by atoms with Crippen molar-refractivity contribution < 1.29 is 29.3 Å².